The van der Waals surface area contributed by atoms with Crippen LogP contribution in [-0.4, -0.2) is 11.0 Å². The minimum Gasteiger partial charge on any atom is -0.384 e. The molecule has 1 unspecified atom stereocenters. The summed E-state index contributed by atoms with van der Waals surface area (Å²) in [6.07, 6.45) is 2.93. The van der Waals surface area contributed by atoms with Crippen LogP contribution >= 0.6 is 0 Å². The normalized spacial score (nSPS) is 12.9. The number of anilines is 2. The number of hydrogen-bond donors (Lipinski definition) is 2. The number of nitrogens with two attached hydrogens (primary N) is 1. The van der Waals surface area contributed by atoms with Crippen molar-refractivity contribution >= 4 is 11.5 Å². The molecule has 0 aliphatic rings. The van der Waals surface area contributed by atoms with E-state index in [1.165, 1.54) is 0 Å². The third-order valence-electron chi connectivity index (χ3n) is 2.02. The monoisotopic (exact) mass is 193 g/mol. The Balaban J connectivity index is 2.47. The molecule has 0 radical (unpaired) electrons. The van der Waals surface area contributed by atoms with E-state index in [9.17, 15) is 0 Å². The van der Waals surface area contributed by atoms with Crippen LogP contribution < -0.4 is 11.1 Å². The van der Waals surface area contributed by atoms with E-state index in [2.05, 4.69) is 31.1 Å². The lowest BCUT2D eigenvalue weighted by atomic mass is 10.1. The standard InChI is InChI=1S/C11H19N3/c1-8(2)6-9(3)14-10-4-5-11(12)13-7-10/h4-5,7-9,14H,6H2,1-3H3,(H2,12,13). The van der Waals surface area contributed by atoms with Gasteiger partial charge in [0.25, 0.3) is 0 Å². The summed E-state index contributed by atoms with van der Waals surface area (Å²) in [7, 11) is 0. The zero-order valence-electron chi connectivity index (χ0n) is 9.12. The summed E-state index contributed by atoms with van der Waals surface area (Å²) in [6, 6.07) is 4.24. The van der Waals surface area contributed by atoms with E-state index in [-0.39, 0.29) is 0 Å². The Morgan fingerprint density at radius 1 is 1.36 bits per heavy atom. The third kappa shape index (κ3) is 3.64. The molecule has 14 heavy (non-hydrogen) atoms. The van der Waals surface area contributed by atoms with E-state index in [4.69, 9.17) is 5.73 Å². The van der Waals surface area contributed by atoms with Crippen LogP contribution in [0.15, 0.2) is 18.3 Å². The summed E-state index contributed by atoms with van der Waals surface area (Å²) in [4.78, 5) is 4.03. The Morgan fingerprint density at radius 3 is 2.57 bits per heavy atom. The van der Waals surface area contributed by atoms with Crippen LogP contribution in [0.3, 0.4) is 0 Å². The molecule has 1 heterocycles. The lowest BCUT2D eigenvalue weighted by Gasteiger charge is -2.16. The van der Waals surface area contributed by atoms with E-state index in [1.807, 2.05) is 12.1 Å². The van der Waals surface area contributed by atoms with Gasteiger partial charge in [-0.2, -0.15) is 0 Å². The van der Waals surface area contributed by atoms with Gasteiger partial charge in [0.2, 0.25) is 0 Å². The Kier molecular flexibility index (Phi) is 3.74. The first-order valence-corrected chi connectivity index (χ1v) is 5.06. The molecule has 78 valence electrons. The molecule has 1 aromatic rings. The highest BCUT2D eigenvalue weighted by molar-refractivity contribution is 5.45. The molecule has 1 aromatic heterocycles. The summed E-state index contributed by atoms with van der Waals surface area (Å²) in [5, 5.41) is 3.38. The lowest BCUT2D eigenvalue weighted by Crippen LogP contribution is -2.17. The second-order valence-corrected chi connectivity index (χ2v) is 4.15. The number of nitrogens with zero attached hydrogens (tertiary/aromatic N) is 1. The molecular weight excluding hydrogens is 174 g/mol. The molecule has 1 atom stereocenters. The van der Waals surface area contributed by atoms with E-state index in [1.54, 1.807) is 6.20 Å². The predicted molar refractivity (Wildman–Crippen MR) is 61.2 cm³/mol. The van der Waals surface area contributed by atoms with E-state index in [0.29, 0.717) is 17.8 Å². The van der Waals surface area contributed by atoms with Crippen LogP contribution in [-0.2, 0) is 0 Å². The van der Waals surface area contributed by atoms with Crippen molar-refractivity contribution < 1.29 is 0 Å². The van der Waals surface area contributed by atoms with Gasteiger partial charge in [-0.15, -0.1) is 0 Å². The SMILES string of the molecule is CC(C)CC(C)Nc1ccc(N)nc1. The molecule has 3 heteroatoms. The van der Waals surface area contributed by atoms with Gasteiger partial charge in [-0.1, -0.05) is 13.8 Å². The average molecular weight is 193 g/mol. The molecule has 3 N–H and O–H groups in total. The number of rotatable bonds is 4. The fourth-order valence-electron chi connectivity index (χ4n) is 1.54. The maximum absolute atomic E-state index is 5.50. The minimum absolute atomic E-state index is 0.473. The predicted octanol–water partition coefficient (Wildman–Crippen LogP) is 2.51. The summed E-state index contributed by atoms with van der Waals surface area (Å²) in [5.74, 6) is 1.27. The topological polar surface area (TPSA) is 50.9 Å². The Morgan fingerprint density at radius 2 is 2.07 bits per heavy atom. The molecule has 0 amide bonds. The van der Waals surface area contributed by atoms with Gasteiger partial charge < -0.3 is 11.1 Å². The van der Waals surface area contributed by atoms with Gasteiger partial charge in [-0.25, -0.2) is 4.98 Å². The van der Waals surface area contributed by atoms with Gasteiger partial charge >= 0.3 is 0 Å². The summed E-state index contributed by atoms with van der Waals surface area (Å²) in [5.41, 5.74) is 6.53. The van der Waals surface area contributed by atoms with Crippen LogP contribution in [0.25, 0.3) is 0 Å². The lowest BCUT2D eigenvalue weighted by molar-refractivity contribution is 0.539. The molecule has 3 nitrogen and oxygen atoms in total. The number of aromatic nitrogens is 1. The van der Waals surface area contributed by atoms with Gasteiger partial charge in [0.05, 0.1) is 11.9 Å². The minimum atomic E-state index is 0.473. The average Bonchev–Trinajstić information content (AvgIpc) is 2.07. The first-order chi connectivity index (χ1) is 6.58. The van der Waals surface area contributed by atoms with Crippen LogP contribution in [0.1, 0.15) is 27.2 Å². The van der Waals surface area contributed by atoms with Gasteiger partial charge in [-0.3, -0.25) is 0 Å². The zero-order valence-corrected chi connectivity index (χ0v) is 9.12. The smallest absolute Gasteiger partial charge is 0.123 e. The third-order valence-corrected chi connectivity index (χ3v) is 2.02. The number of nitrogens with one attached hydrogen (secondary N) is 1. The second kappa shape index (κ2) is 4.84. The maximum atomic E-state index is 5.50. The molecule has 0 aromatic carbocycles. The fraction of sp³-hybridized carbons (Fsp3) is 0.545. The molecule has 0 aliphatic carbocycles. The van der Waals surface area contributed by atoms with Gasteiger partial charge in [-0.05, 0) is 31.4 Å². The van der Waals surface area contributed by atoms with Crippen molar-refractivity contribution in [2.45, 2.75) is 33.2 Å². The van der Waals surface area contributed by atoms with E-state index >= 15 is 0 Å². The number of pyridine rings is 1. The quantitative estimate of drug-likeness (QED) is 0.772. The van der Waals surface area contributed by atoms with Crippen LogP contribution in [0, 0.1) is 5.92 Å². The first kappa shape index (κ1) is 10.8. The van der Waals surface area contributed by atoms with Crippen LogP contribution in [0.4, 0.5) is 11.5 Å². The molecule has 0 fully saturated rings. The van der Waals surface area contributed by atoms with Gasteiger partial charge in [0, 0.05) is 6.04 Å². The van der Waals surface area contributed by atoms with Crippen molar-refractivity contribution in [1.29, 1.82) is 0 Å². The van der Waals surface area contributed by atoms with Crippen molar-refractivity contribution in [1.82, 2.24) is 4.98 Å². The molecule has 0 aliphatic heterocycles. The highest BCUT2D eigenvalue weighted by Crippen LogP contribution is 2.12. The molecular formula is C11H19N3. The maximum Gasteiger partial charge on any atom is 0.123 e. The second-order valence-electron chi connectivity index (χ2n) is 4.15. The van der Waals surface area contributed by atoms with E-state index in [0.717, 1.165) is 12.1 Å². The van der Waals surface area contributed by atoms with Crippen molar-refractivity contribution in [3.63, 3.8) is 0 Å². The number of nitrogen functional groups attached to an aromatic ring is 1. The van der Waals surface area contributed by atoms with Gasteiger partial charge in [0.15, 0.2) is 0 Å². The Labute approximate surface area is 85.7 Å². The van der Waals surface area contributed by atoms with Gasteiger partial charge in [0.1, 0.15) is 5.82 Å². The van der Waals surface area contributed by atoms with Crippen LogP contribution in [0.5, 0.6) is 0 Å². The largest absolute Gasteiger partial charge is 0.384 e. The molecule has 0 spiro atoms. The van der Waals surface area contributed by atoms with E-state index < -0.39 is 0 Å². The number of hydrogen-bond acceptors (Lipinski definition) is 3. The van der Waals surface area contributed by atoms with Crippen molar-refractivity contribution in [2.24, 2.45) is 5.92 Å². The molecule has 0 saturated carbocycles. The zero-order chi connectivity index (χ0) is 10.6. The Hall–Kier alpha value is -1.25. The summed E-state index contributed by atoms with van der Waals surface area (Å²) in [6.45, 7) is 6.62. The molecule has 0 bridgehead atoms. The highest BCUT2D eigenvalue weighted by atomic mass is 14.9. The van der Waals surface area contributed by atoms with Crippen molar-refractivity contribution in [3.05, 3.63) is 18.3 Å². The van der Waals surface area contributed by atoms with Crippen molar-refractivity contribution in [2.75, 3.05) is 11.1 Å². The fourth-order valence-corrected chi connectivity index (χ4v) is 1.54. The van der Waals surface area contributed by atoms with Crippen LogP contribution in [0.2, 0.25) is 0 Å². The summed E-state index contributed by atoms with van der Waals surface area (Å²) < 4.78 is 0. The van der Waals surface area contributed by atoms with Crippen molar-refractivity contribution in [3.8, 4) is 0 Å². The Bertz CT molecular complexity index is 266. The first-order valence-electron chi connectivity index (χ1n) is 5.06. The summed E-state index contributed by atoms with van der Waals surface area (Å²) >= 11 is 0. The highest BCUT2D eigenvalue weighted by Gasteiger charge is 2.04. The molecule has 1 rings (SSSR count). The molecule has 0 saturated heterocycles.